The Morgan fingerprint density at radius 2 is 2.10 bits per heavy atom. The molecule has 7 heteroatoms. The van der Waals surface area contributed by atoms with Crippen molar-refractivity contribution in [3.63, 3.8) is 0 Å². The fourth-order valence-electron chi connectivity index (χ4n) is 5.26. The van der Waals surface area contributed by atoms with Crippen molar-refractivity contribution in [1.29, 1.82) is 0 Å². The standard InChI is InChI=1S/C23H24N4O3/c1-13-20-10-14-3-5-16(30-22(24)29)11-17(14)23(13,2)7-8-27(20)21(28)15-4-6-18-19(9-15)26-12-25-18/h3-6,9,11-13,20H,7-8,10H2,1-2H3,(H2,24,29)(H,25,26)/t13-,20-,23-/m1/s1. The molecule has 7 nitrogen and oxygen atoms in total. The van der Waals surface area contributed by atoms with E-state index in [0.717, 1.165) is 23.9 Å². The van der Waals surface area contributed by atoms with E-state index in [4.69, 9.17) is 10.5 Å². The summed E-state index contributed by atoms with van der Waals surface area (Å²) >= 11 is 0. The van der Waals surface area contributed by atoms with Gasteiger partial charge in [-0.05, 0) is 65.6 Å². The molecule has 0 unspecified atom stereocenters. The van der Waals surface area contributed by atoms with Crippen molar-refractivity contribution in [1.82, 2.24) is 14.9 Å². The number of nitrogens with one attached hydrogen (secondary N) is 1. The van der Waals surface area contributed by atoms with Gasteiger partial charge in [0.05, 0.1) is 17.4 Å². The number of hydrogen-bond donors (Lipinski definition) is 2. The number of fused-ring (bicyclic) bond motifs is 5. The molecule has 0 spiro atoms. The molecule has 5 rings (SSSR count). The predicted molar refractivity (Wildman–Crippen MR) is 112 cm³/mol. The predicted octanol–water partition coefficient (Wildman–Crippen LogP) is 3.39. The average Bonchev–Trinajstić information content (AvgIpc) is 3.18. The van der Waals surface area contributed by atoms with Crippen LogP contribution in [0.4, 0.5) is 4.79 Å². The first-order valence-electron chi connectivity index (χ1n) is 10.2. The van der Waals surface area contributed by atoms with E-state index in [0.29, 0.717) is 17.9 Å². The minimum Gasteiger partial charge on any atom is -0.410 e. The van der Waals surface area contributed by atoms with Gasteiger partial charge in [-0.25, -0.2) is 9.78 Å². The Balaban J connectivity index is 1.48. The molecule has 1 fully saturated rings. The van der Waals surface area contributed by atoms with Crippen LogP contribution in [0.25, 0.3) is 11.0 Å². The summed E-state index contributed by atoms with van der Waals surface area (Å²) in [5.41, 5.74) is 9.87. The number of aromatic nitrogens is 2. The summed E-state index contributed by atoms with van der Waals surface area (Å²) < 4.78 is 5.11. The molecule has 2 bridgehead atoms. The van der Waals surface area contributed by atoms with Crippen molar-refractivity contribution in [3.05, 3.63) is 59.4 Å². The molecule has 2 amide bonds. The molecule has 3 aromatic rings. The zero-order valence-electron chi connectivity index (χ0n) is 17.0. The van der Waals surface area contributed by atoms with Crippen molar-refractivity contribution in [3.8, 4) is 5.75 Å². The van der Waals surface area contributed by atoms with Crippen molar-refractivity contribution in [2.24, 2.45) is 11.7 Å². The van der Waals surface area contributed by atoms with Crippen LogP contribution < -0.4 is 10.5 Å². The fraction of sp³-hybridized carbons (Fsp3) is 0.348. The topological polar surface area (TPSA) is 101 Å². The van der Waals surface area contributed by atoms with E-state index >= 15 is 0 Å². The van der Waals surface area contributed by atoms with E-state index in [1.54, 1.807) is 12.4 Å². The third kappa shape index (κ3) is 2.76. The number of amides is 2. The Morgan fingerprint density at radius 1 is 1.27 bits per heavy atom. The normalized spacial score (nSPS) is 25.1. The van der Waals surface area contributed by atoms with E-state index in [2.05, 4.69) is 23.8 Å². The monoisotopic (exact) mass is 404 g/mol. The quantitative estimate of drug-likeness (QED) is 0.684. The highest BCUT2D eigenvalue weighted by Gasteiger charge is 2.49. The Hall–Kier alpha value is -3.35. The van der Waals surface area contributed by atoms with Crippen LogP contribution in [0.2, 0.25) is 0 Å². The lowest BCUT2D eigenvalue weighted by atomic mass is 9.59. The van der Waals surface area contributed by atoms with Gasteiger partial charge in [0.25, 0.3) is 5.91 Å². The average molecular weight is 404 g/mol. The molecular formula is C23H24N4O3. The largest absolute Gasteiger partial charge is 0.410 e. The second-order valence-electron chi connectivity index (χ2n) is 8.60. The van der Waals surface area contributed by atoms with Crippen LogP contribution in [-0.2, 0) is 11.8 Å². The third-order valence-corrected chi connectivity index (χ3v) is 7.13. The number of nitrogens with two attached hydrogens (primary N) is 1. The Labute approximate surface area is 174 Å². The molecule has 2 aromatic carbocycles. The number of carbonyl (C=O) groups excluding carboxylic acids is 2. The van der Waals surface area contributed by atoms with Crippen LogP contribution in [0, 0.1) is 5.92 Å². The summed E-state index contributed by atoms with van der Waals surface area (Å²) in [5.74, 6) is 0.796. The first-order chi connectivity index (χ1) is 14.4. The van der Waals surface area contributed by atoms with Crippen LogP contribution in [0.1, 0.15) is 41.8 Å². The molecule has 154 valence electrons. The van der Waals surface area contributed by atoms with Crippen LogP contribution in [0.15, 0.2) is 42.7 Å². The maximum atomic E-state index is 13.4. The van der Waals surface area contributed by atoms with Gasteiger partial charge in [0.15, 0.2) is 0 Å². The summed E-state index contributed by atoms with van der Waals surface area (Å²) in [5, 5.41) is 0. The minimum atomic E-state index is -0.809. The van der Waals surface area contributed by atoms with Crippen LogP contribution in [0.5, 0.6) is 5.75 Å². The number of aromatic amines is 1. The van der Waals surface area contributed by atoms with Gasteiger partial charge in [-0.3, -0.25) is 4.79 Å². The number of piperidine rings is 1. The van der Waals surface area contributed by atoms with Gasteiger partial charge in [0.1, 0.15) is 5.75 Å². The Bertz CT molecular complexity index is 1170. The SMILES string of the molecule is C[C@@H]1[C@H]2Cc3ccc(OC(N)=O)cc3[C@]1(C)CCN2C(=O)c1ccc2nc[nH]c2c1. The zero-order chi connectivity index (χ0) is 21.0. The fourth-order valence-corrected chi connectivity index (χ4v) is 5.26. The number of imidazole rings is 1. The molecule has 3 N–H and O–H groups in total. The summed E-state index contributed by atoms with van der Waals surface area (Å²) in [7, 11) is 0. The molecule has 0 radical (unpaired) electrons. The van der Waals surface area contributed by atoms with Gasteiger partial charge in [0.2, 0.25) is 0 Å². The lowest BCUT2D eigenvalue weighted by molar-refractivity contribution is 0.0250. The molecular weight excluding hydrogens is 380 g/mol. The summed E-state index contributed by atoms with van der Waals surface area (Å²) in [6.07, 6.45) is 2.45. The molecule has 0 saturated carbocycles. The van der Waals surface area contributed by atoms with Crippen molar-refractivity contribution in [2.75, 3.05) is 6.54 Å². The maximum Gasteiger partial charge on any atom is 0.409 e. The van der Waals surface area contributed by atoms with E-state index < -0.39 is 6.09 Å². The molecule has 2 heterocycles. The van der Waals surface area contributed by atoms with Gasteiger partial charge in [0, 0.05) is 18.2 Å². The third-order valence-electron chi connectivity index (χ3n) is 7.13. The lowest BCUT2D eigenvalue weighted by Gasteiger charge is -2.54. The first kappa shape index (κ1) is 18.7. The number of likely N-dealkylation sites (tertiary alicyclic amines) is 1. The van der Waals surface area contributed by atoms with Gasteiger partial charge >= 0.3 is 6.09 Å². The number of benzene rings is 2. The smallest absolute Gasteiger partial charge is 0.409 e. The van der Waals surface area contributed by atoms with Crippen molar-refractivity contribution in [2.45, 2.75) is 38.1 Å². The Kier molecular flexibility index (Phi) is 4.10. The highest BCUT2D eigenvalue weighted by atomic mass is 16.5. The van der Waals surface area contributed by atoms with Gasteiger partial charge in [-0.15, -0.1) is 0 Å². The van der Waals surface area contributed by atoms with Crippen LogP contribution in [0.3, 0.4) is 0 Å². The highest BCUT2D eigenvalue weighted by molar-refractivity contribution is 5.97. The summed E-state index contributed by atoms with van der Waals surface area (Å²) in [4.78, 5) is 33.9. The summed E-state index contributed by atoms with van der Waals surface area (Å²) in [6.45, 7) is 5.15. The van der Waals surface area contributed by atoms with Crippen LogP contribution in [-0.4, -0.2) is 39.5 Å². The van der Waals surface area contributed by atoms with E-state index in [1.807, 2.05) is 35.2 Å². The van der Waals surface area contributed by atoms with Gasteiger partial charge in [-0.1, -0.05) is 19.9 Å². The zero-order valence-corrected chi connectivity index (χ0v) is 17.0. The lowest BCUT2D eigenvalue weighted by Crippen LogP contribution is -2.59. The molecule has 2 aliphatic rings. The number of hydrogen-bond acceptors (Lipinski definition) is 4. The number of H-pyrrole nitrogens is 1. The maximum absolute atomic E-state index is 13.4. The molecule has 1 aliphatic carbocycles. The van der Waals surface area contributed by atoms with E-state index in [-0.39, 0.29) is 23.3 Å². The van der Waals surface area contributed by atoms with Gasteiger partial charge in [-0.2, -0.15) is 0 Å². The van der Waals surface area contributed by atoms with Crippen molar-refractivity contribution >= 4 is 23.0 Å². The summed E-state index contributed by atoms with van der Waals surface area (Å²) in [6, 6.07) is 11.4. The molecule has 1 aliphatic heterocycles. The second kappa shape index (κ2) is 6.58. The number of primary amides is 1. The minimum absolute atomic E-state index is 0.0579. The number of ether oxygens (including phenoxy) is 1. The molecule has 1 saturated heterocycles. The van der Waals surface area contributed by atoms with Gasteiger partial charge < -0.3 is 20.4 Å². The number of nitrogens with zero attached hydrogens (tertiary/aromatic N) is 2. The van der Waals surface area contributed by atoms with Crippen molar-refractivity contribution < 1.29 is 14.3 Å². The van der Waals surface area contributed by atoms with E-state index in [9.17, 15) is 9.59 Å². The molecule has 30 heavy (non-hydrogen) atoms. The van der Waals surface area contributed by atoms with Crippen LogP contribution >= 0.6 is 0 Å². The Morgan fingerprint density at radius 3 is 2.90 bits per heavy atom. The number of carbonyl (C=O) groups is 2. The second-order valence-corrected chi connectivity index (χ2v) is 8.60. The first-order valence-corrected chi connectivity index (χ1v) is 10.2. The highest BCUT2D eigenvalue weighted by Crippen LogP contribution is 2.49. The molecule has 3 atom stereocenters. The van der Waals surface area contributed by atoms with E-state index in [1.165, 1.54) is 11.1 Å². The molecule has 1 aromatic heterocycles. The number of rotatable bonds is 2.